The second kappa shape index (κ2) is 6.59. The summed E-state index contributed by atoms with van der Waals surface area (Å²) in [6.45, 7) is 3.29. The fraction of sp³-hybridized carbons (Fsp3) is 0.417. The van der Waals surface area contributed by atoms with Gasteiger partial charge >= 0.3 is 0 Å². The molecule has 1 aromatic carbocycles. The van der Waals surface area contributed by atoms with Crippen molar-refractivity contribution in [3.05, 3.63) is 34.9 Å². The van der Waals surface area contributed by atoms with E-state index in [4.69, 9.17) is 23.1 Å². The van der Waals surface area contributed by atoms with Crippen molar-refractivity contribution in [2.45, 2.75) is 13.0 Å². The summed E-state index contributed by atoms with van der Waals surface area (Å²) in [5, 5.41) is 0.663. The molecule has 1 aromatic rings. The highest BCUT2D eigenvalue weighted by molar-refractivity contribution is 6.30. The number of halogens is 1. The Balaban J connectivity index is 2.92. The van der Waals surface area contributed by atoms with Gasteiger partial charge in [-0.1, -0.05) is 30.7 Å². The van der Waals surface area contributed by atoms with E-state index in [1.165, 1.54) is 0 Å². The summed E-state index contributed by atoms with van der Waals surface area (Å²) in [6, 6.07) is 7.46. The van der Waals surface area contributed by atoms with Crippen molar-refractivity contribution in [3.8, 4) is 0 Å². The minimum absolute atomic E-state index is 0.0359. The summed E-state index contributed by atoms with van der Waals surface area (Å²) in [5.74, 6) is -0.354. The maximum atomic E-state index is 11.0. The molecule has 0 radical (unpaired) electrons. The molecule has 0 aliphatic carbocycles. The topological polar surface area (TPSA) is 72.3 Å². The number of hydrogen-bond donors (Lipinski definition) is 2. The van der Waals surface area contributed by atoms with E-state index in [1.54, 1.807) is 0 Å². The third kappa shape index (κ3) is 4.00. The lowest BCUT2D eigenvalue weighted by atomic mass is 10.1. The number of carbonyl (C=O) groups excluding carboxylic acids is 1. The van der Waals surface area contributed by atoms with Gasteiger partial charge in [0.2, 0.25) is 5.91 Å². The van der Waals surface area contributed by atoms with E-state index in [1.807, 2.05) is 36.1 Å². The number of amides is 1. The molecule has 1 atom stereocenters. The molecule has 0 aromatic heterocycles. The molecular weight excluding hydrogens is 238 g/mol. The second-order valence-electron chi connectivity index (χ2n) is 3.84. The van der Waals surface area contributed by atoms with Gasteiger partial charge in [0.1, 0.15) is 0 Å². The van der Waals surface area contributed by atoms with Crippen LogP contribution in [0.25, 0.3) is 0 Å². The summed E-state index contributed by atoms with van der Waals surface area (Å²) in [7, 11) is 0. The van der Waals surface area contributed by atoms with Crippen LogP contribution < -0.4 is 11.5 Å². The lowest BCUT2D eigenvalue weighted by Crippen LogP contribution is -2.39. The van der Waals surface area contributed by atoms with E-state index in [0.29, 0.717) is 18.1 Å². The third-order valence-corrected chi connectivity index (χ3v) is 2.90. The van der Waals surface area contributed by atoms with Gasteiger partial charge in [0, 0.05) is 17.6 Å². The van der Waals surface area contributed by atoms with E-state index in [-0.39, 0.29) is 18.5 Å². The van der Waals surface area contributed by atoms with Gasteiger partial charge in [0.15, 0.2) is 0 Å². The number of benzene rings is 1. The van der Waals surface area contributed by atoms with Crippen LogP contribution in [0, 0.1) is 0 Å². The molecule has 0 spiro atoms. The summed E-state index contributed by atoms with van der Waals surface area (Å²) in [5.41, 5.74) is 12.0. The smallest absolute Gasteiger partial charge is 0.231 e. The number of primary amides is 1. The average molecular weight is 256 g/mol. The van der Waals surface area contributed by atoms with Crippen LogP contribution in [0.1, 0.15) is 18.5 Å². The molecule has 0 saturated heterocycles. The zero-order valence-electron chi connectivity index (χ0n) is 9.90. The van der Waals surface area contributed by atoms with Gasteiger partial charge in [0.05, 0.1) is 6.54 Å². The summed E-state index contributed by atoms with van der Waals surface area (Å²) >= 11 is 5.95. The molecule has 0 aliphatic heterocycles. The van der Waals surface area contributed by atoms with Gasteiger partial charge in [-0.3, -0.25) is 9.69 Å². The van der Waals surface area contributed by atoms with E-state index in [2.05, 4.69) is 0 Å². The van der Waals surface area contributed by atoms with Crippen molar-refractivity contribution in [1.29, 1.82) is 0 Å². The Labute approximate surface area is 107 Å². The normalized spacial score (nSPS) is 12.7. The first-order valence-electron chi connectivity index (χ1n) is 5.56. The highest BCUT2D eigenvalue weighted by Gasteiger charge is 2.19. The first kappa shape index (κ1) is 14.0. The largest absolute Gasteiger partial charge is 0.369 e. The quantitative estimate of drug-likeness (QED) is 0.801. The van der Waals surface area contributed by atoms with E-state index in [0.717, 1.165) is 5.56 Å². The summed E-state index contributed by atoms with van der Waals surface area (Å²) in [4.78, 5) is 12.9. The van der Waals surface area contributed by atoms with Gasteiger partial charge < -0.3 is 11.5 Å². The molecule has 1 unspecified atom stereocenters. The van der Waals surface area contributed by atoms with E-state index >= 15 is 0 Å². The molecule has 94 valence electrons. The Morgan fingerprint density at radius 1 is 1.53 bits per heavy atom. The van der Waals surface area contributed by atoms with Crippen molar-refractivity contribution >= 4 is 17.5 Å². The van der Waals surface area contributed by atoms with Crippen LogP contribution in [0.3, 0.4) is 0 Å². The van der Waals surface area contributed by atoms with Gasteiger partial charge in [-0.25, -0.2) is 0 Å². The predicted octanol–water partition coefficient (Wildman–Crippen LogP) is 1.15. The first-order chi connectivity index (χ1) is 8.08. The number of carbonyl (C=O) groups is 1. The van der Waals surface area contributed by atoms with Crippen molar-refractivity contribution in [2.24, 2.45) is 11.5 Å². The van der Waals surface area contributed by atoms with Crippen molar-refractivity contribution < 1.29 is 4.79 Å². The lowest BCUT2D eigenvalue weighted by Gasteiger charge is -2.29. The molecule has 0 aliphatic rings. The molecule has 0 heterocycles. The molecule has 0 bridgehead atoms. The predicted molar refractivity (Wildman–Crippen MR) is 69.7 cm³/mol. The molecule has 0 saturated carbocycles. The third-order valence-electron chi connectivity index (χ3n) is 2.66. The number of nitrogens with zero attached hydrogens (tertiary/aromatic N) is 1. The standard InChI is InChI=1S/C12H18ClN3O/c1-2-16(8-12(15)17)11(7-14)9-4-3-5-10(13)6-9/h3-6,11H,2,7-8,14H2,1H3,(H2,15,17). The number of rotatable bonds is 6. The minimum Gasteiger partial charge on any atom is -0.369 e. The van der Waals surface area contributed by atoms with E-state index in [9.17, 15) is 4.79 Å². The zero-order chi connectivity index (χ0) is 12.8. The lowest BCUT2D eigenvalue weighted by molar-refractivity contribution is -0.119. The summed E-state index contributed by atoms with van der Waals surface area (Å²) in [6.07, 6.45) is 0. The van der Waals surface area contributed by atoms with Crippen LogP contribution in [0.15, 0.2) is 24.3 Å². The number of likely N-dealkylation sites (N-methyl/N-ethyl adjacent to an activating group) is 1. The van der Waals surface area contributed by atoms with Gasteiger partial charge in [-0.05, 0) is 24.2 Å². The SMILES string of the molecule is CCN(CC(N)=O)C(CN)c1cccc(Cl)c1. The van der Waals surface area contributed by atoms with Crippen LogP contribution in [-0.2, 0) is 4.79 Å². The molecule has 1 rings (SSSR count). The van der Waals surface area contributed by atoms with E-state index < -0.39 is 0 Å². The first-order valence-corrected chi connectivity index (χ1v) is 5.94. The zero-order valence-corrected chi connectivity index (χ0v) is 10.7. The molecule has 0 fully saturated rings. The average Bonchev–Trinajstić information content (AvgIpc) is 2.28. The van der Waals surface area contributed by atoms with Crippen LogP contribution >= 0.6 is 11.6 Å². The second-order valence-corrected chi connectivity index (χ2v) is 4.27. The van der Waals surface area contributed by atoms with Crippen LogP contribution in [0.2, 0.25) is 5.02 Å². The van der Waals surface area contributed by atoms with Crippen LogP contribution in [-0.4, -0.2) is 30.4 Å². The van der Waals surface area contributed by atoms with Crippen LogP contribution in [0.4, 0.5) is 0 Å². The van der Waals surface area contributed by atoms with Crippen molar-refractivity contribution in [2.75, 3.05) is 19.6 Å². The molecule has 4 nitrogen and oxygen atoms in total. The molecule has 17 heavy (non-hydrogen) atoms. The Morgan fingerprint density at radius 2 is 2.24 bits per heavy atom. The van der Waals surface area contributed by atoms with Crippen LogP contribution in [0.5, 0.6) is 0 Å². The van der Waals surface area contributed by atoms with Crippen molar-refractivity contribution in [1.82, 2.24) is 4.90 Å². The Morgan fingerprint density at radius 3 is 2.71 bits per heavy atom. The maximum absolute atomic E-state index is 11.0. The highest BCUT2D eigenvalue weighted by Crippen LogP contribution is 2.22. The Bertz CT molecular complexity index is 384. The van der Waals surface area contributed by atoms with Gasteiger partial charge in [0.25, 0.3) is 0 Å². The van der Waals surface area contributed by atoms with Crippen molar-refractivity contribution in [3.63, 3.8) is 0 Å². The minimum atomic E-state index is -0.354. The fourth-order valence-electron chi connectivity index (χ4n) is 1.85. The molecular formula is C12H18ClN3O. The monoisotopic (exact) mass is 255 g/mol. The Hall–Kier alpha value is -1.10. The molecule has 1 amide bonds. The fourth-order valence-corrected chi connectivity index (χ4v) is 2.05. The highest BCUT2D eigenvalue weighted by atomic mass is 35.5. The Kier molecular flexibility index (Phi) is 5.41. The number of hydrogen-bond acceptors (Lipinski definition) is 3. The molecule has 5 heteroatoms. The number of nitrogens with two attached hydrogens (primary N) is 2. The van der Waals surface area contributed by atoms with Gasteiger partial charge in [-0.15, -0.1) is 0 Å². The summed E-state index contributed by atoms with van der Waals surface area (Å²) < 4.78 is 0. The van der Waals surface area contributed by atoms with Gasteiger partial charge in [-0.2, -0.15) is 0 Å². The molecule has 4 N–H and O–H groups in total. The maximum Gasteiger partial charge on any atom is 0.231 e.